The second kappa shape index (κ2) is 9.36. The van der Waals surface area contributed by atoms with Gasteiger partial charge >= 0.3 is 0 Å². The molecule has 1 amide bonds. The second-order valence-corrected chi connectivity index (χ2v) is 9.41. The van der Waals surface area contributed by atoms with Crippen LogP contribution in [0.25, 0.3) is 27.8 Å². The highest BCUT2D eigenvalue weighted by atomic mass is 16.1. The number of hydrogen-bond acceptors (Lipinski definition) is 4. The molecule has 0 aliphatic heterocycles. The summed E-state index contributed by atoms with van der Waals surface area (Å²) < 4.78 is 2.01. The van der Waals surface area contributed by atoms with Gasteiger partial charge in [0, 0.05) is 24.7 Å². The maximum absolute atomic E-state index is 13.2. The lowest BCUT2D eigenvalue weighted by Gasteiger charge is -2.22. The minimum absolute atomic E-state index is 0.164. The minimum atomic E-state index is -0.164. The van der Waals surface area contributed by atoms with Crippen LogP contribution in [0.15, 0.2) is 36.1 Å². The Labute approximate surface area is 212 Å². The molecule has 1 aromatic carbocycles. The molecule has 0 saturated heterocycles. The molecule has 0 fully saturated rings. The standard InChI is InChI=1S/C22H26B7N5O/c1-8-30-7-12(34(8)2)10-4-3-9-6-31-13(5-11(9)32-10)33-22(35)21(29)17(25)14-15(23)18(26)20(28)19(27)16(14)24/h3-7H,23-29H2,1-2H3,(H,31,33,35)/b21-17+. The molecule has 0 aliphatic carbocycles. The van der Waals surface area contributed by atoms with Crippen molar-refractivity contribution in [3.8, 4) is 11.4 Å². The van der Waals surface area contributed by atoms with Crippen LogP contribution in [0.1, 0.15) is 11.4 Å². The van der Waals surface area contributed by atoms with E-state index in [0.29, 0.717) is 11.3 Å². The van der Waals surface area contributed by atoms with Gasteiger partial charge in [-0.2, -0.15) is 0 Å². The molecule has 0 spiro atoms. The number of hydrogen-bond donors (Lipinski definition) is 1. The summed E-state index contributed by atoms with van der Waals surface area (Å²) in [6, 6.07) is 5.77. The Morgan fingerprint density at radius 3 is 2.14 bits per heavy atom. The van der Waals surface area contributed by atoms with Crippen molar-refractivity contribution in [3.63, 3.8) is 0 Å². The minimum Gasteiger partial charge on any atom is -0.330 e. The predicted molar refractivity (Wildman–Crippen MR) is 166 cm³/mol. The topological polar surface area (TPSA) is 72.7 Å². The molecule has 166 valence electrons. The molecule has 3 aromatic heterocycles. The van der Waals surface area contributed by atoms with Gasteiger partial charge in [-0.1, -0.05) is 16.4 Å². The van der Waals surface area contributed by atoms with Gasteiger partial charge in [-0.05, 0) is 30.1 Å². The molecule has 4 rings (SSSR count). The zero-order valence-electron chi connectivity index (χ0n) is 22.1. The van der Waals surface area contributed by atoms with Crippen molar-refractivity contribution in [1.29, 1.82) is 0 Å². The quantitative estimate of drug-likeness (QED) is 0.247. The Kier molecular flexibility index (Phi) is 6.63. The van der Waals surface area contributed by atoms with Crippen molar-refractivity contribution in [2.24, 2.45) is 7.05 Å². The van der Waals surface area contributed by atoms with Crippen LogP contribution in [0.5, 0.6) is 0 Å². The van der Waals surface area contributed by atoms with Gasteiger partial charge in [0.05, 0.1) is 23.1 Å². The summed E-state index contributed by atoms with van der Waals surface area (Å²) in [7, 11) is 16.6. The molecule has 1 N–H and O–H groups in total. The van der Waals surface area contributed by atoms with Crippen LogP contribution in [0.4, 0.5) is 5.82 Å². The van der Waals surface area contributed by atoms with Crippen molar-refractivity contribution >= 4 is 110 Å². The summed E-state index contributed by atoms with van der Waals surface area (Å²) in [5.74, 6) is 1.24. The van der Waals surface area contributed by atoms with Crippen LogP contribution in [-0.2, 0) is 11.8 Å². The average molecular weight is 452 g/mol. The maximum Gasteiger partial charge on any atom is 0.242 e. The van der Waals surface area contributed by atoms with Gasteiger partial charge < -0.3 is 9.88 Å². The SMILES string of the molecule is B/C(C(=O)Nc1cc2nc(-c3cnc(C)n3C)ccc2cn1)=C(/B)c1c(B)c(B)c(B)c(B)c1B. The zero-order valence-corrected chi connectivity index (χ0v) is 22.1. The molecule has 0 saturated carbocycles. The number of benzene rings is 1. The third-order valence-corrected chi connectivity index (χ3v) is 7.58. The lowest BCUT2D eigenvalue weighted by molar-refractivity contribution is -0.112. The molecular weight excluding hydrogens is 426 g/mol. The van der Waals surface area contributed by atoms with E-state index in [4.69, 9.17) is 4.98 Å². The van der Waals surface area contributed by atoms with Gasteiger partial charge in [0.25, 0.3) is 0 Å². The molecule has 3 heterocycles. The Hall–Kier alpha value is -3.35. The summed E-state index contributed by atoms with van der Waals surface area (Å²) >= 11 is 0. The van der Waals surface area contributed by atoms with Crippen molar-refractivity contribution < 1.29 is 4.79 Å². The molecule has 0 radical (unpaired) electrons. The summed E-state index contributed by atoms with van der Waals surface area (Å²) in [5, 5.41) is 3.88. The number of pyridine rings is 2. The molecule has 6 nitrogen and oxygen atoms in total. The first-order valence-corrected chi connectivity index (χ1v) is 11.8. The predicted octanol–water partition coefficient (Wildman–Crippen LogP) is -6.80. The number of aryl methyl sites for hydroxylation is 1. The summed E-state index contributed by atoms with van der Waals surface area (Å²) in [4.78, 5) is 26.8. The highest BCUT2D eigenvalue weighted by Crippen LogP contribution is 2.22. The van der Waals surface area contributed by atoms with Crippen molar-refractivity contribution in [3.05, 3.63) is 47.5 Å². The third kappa shape index (κ3) is 4.40. The number of fused-ring (bicyclic) bond motifs is 1. The number of nitrogens with one attached hydrogen (secondary N) is 1. The number of nitrogens with zero attached hydrogens (tertiary/aromatic N) is 4. The monoisotopic (exact) mass is 453 g/mol. The zero-order chi connectivity index (χ0) is 25.6. The lowest BCUT2D eigenvalue weighted by Crippen LogP contribution is -2.56. The number of carbonyl (C=O) groups excluding carboxylic acids is 1. The third-order valence-electron chi connectivity index (χ3n) is 7.58. The molecule has 35 heavy (non-hydrogen) atoms. The van der Waals surface area contributed by atoms with E-state index in [1.165, 1.54) is 27.3 Å². The van der Waals surface area contributed by atoms with E-state index < -0.39 is 0 Å². The van der Waals surface area contributed by atoms with E-state index in [9.17, 15) is 4.79 Å². The van der Waals surface area contributed by atoms with Crippen LogP contribution < -0.4 is 32.6 Å². The van der Waals surface area contributed by atoms with Crippen molar-refractivity contribution in [2.75, 3.05) is 5.32 Å². The van der Waals surface area contributed by atoms with E-state index in [2.05, 4.69) is 54.5 Å². The lowest BCUT2D eigenvalue weighted by atomic mass is 9.57. The first-order valence-electron chi connectivity index (χ1n) is 11.8. The van der Waals surface area contributed by atoms with Gasteiger partial charge in [-0.15, -0.1) is 16.4 Å². The van der Waals surface area contributed by atoms with Crippen molar-refractivity contribution in [1.82, 2.24) is 19.5 Å². The molecule has 0 unspecified atom stereocenters. The molecular formula is C22H26B7N5O. The number of amides is 1. The van der Waals surface area contributed by atoms with Crippen LogP contribution in [0, 0.1) is 6.92 Å². The second-order valence-electron chi connectivity index (χ2n) is 9.41. The summed E-state index contributed by atoms with van der Waals surface area (Å²) in [6.45, 7) is 1.96. The van der Waals surface area contributed by atoms with E-state index in [0.717, 1.165) is 39.2 Å². The largest absolute Gasteiger partial charge is 0.330 e. The normalized spacial score (nSPS) is 11.9. The molecule has 0 bridgehead atoms. The molecule has 13 heteroatoms. The summed E-state index contributed by atoms with van der Waals surface area (Å²) in [6.07, 6.45) is 3.56. The number of rotatable bonds is 4. The van der Waals surface area contributed by atoms with Gasteiger partial charge in [0.1, 0.15) is 66.6 Å². The number of imidazole rings is 1. The van der Waals surface area contributed by atoms with Crippen LogP contribution >= 0.6 is 0 Å². The van der Waals surface area contributed by atoms with Gasteiger partial charge in [0.2, 0.25) is 5.91 Å². The summed E-state index contributed by atoms with van der Waals surface area (Å²) in [5.41, 5.74) is 11.7. The van der Waals surface area contributed by atoms with E-state index >= 15 is 0 Å². The smallest absolute Gasteiger partial charge is 0.242 e. The molecule has 4 aromatic rings. The fourth-order valence-electron chi connectivity index (χ4n) is 4.60. The Morgan fingerprint density at radius 2 is 1.54 bits per heavy atom. The van der Waals surface area contributed by atoms with Crippen LogP contribution in [0.3, 0.4) is 0 Å². The van der Waals surface area contributed by atoms with Crippen LogP contribution in [0.2, 0.25) is 0 Å². The Morgan fingerprint density at radius 1 is 0.914 bits per heavy atom. The number of carbonyl (C=O) groups is 1. The van der Waals surface area contributed by atoms with E-state index in [-0.39, 0.29) is 5.91 Å². The van der Waals surface area contributed by atoms with Gasteiger partial charge in [0.15, 0.2) is 0 Å². The van der Waals surface area contributed by atoms with E-state index in [1.54, 1.807) is 6.20 Å². The first kappa shape index (κ1) is 24.8. The highest BCUT2D eigenvalue weighted by molar-refractivity contribution is 6.70. The molecule has 0 atom stereocenters. The van der Waals surface area contributed by atoms with Gasteiger partial charge in [-0.3, -0.25) is 4.79 Å². The van der Waals surface area contributed by atoms with Crippen LogP contribution in [-0.4, -0.2) is 80.4 Å². The fourth-order valence-corrected chi connectivity index (χ4v) is 4.60. The average Bonchev–Trinajstić information content (AvgIpc) is 3.18. The maximum atomic E-state index is 13.2. The molecule has 0 aliphatic rings. The number of anilines is 1. The Bertz CT molecular complexity index is 1520. The fraction of sp³-hybridized carbons (Fsp3) is 0.0909. The van der Waals surface area contributed by atoms with E-state index in [1.807, 2.05) is 58.6 Å². The Balaban J connectivity index is 1.68. The highest BCUT2D eigenvalue weighted by Gasteiger charge is 2.17. The van der Waals surface area contributed by atoms with Crippen molar-refractivity contribution in [2.45, 2.75) is 6.92 Å². The van der Waals surface area contributed by atoms with Gasteiger partial charge in [-0.25, -0.2) is 15.0 Å². The number of aromatic nitrogens is 4. The first-order chi connectivity index (χ1) is 16.5.